The van der Waals surface area contributed by atoms with E-state index in [-0.39, 0.29) is 40.4 Å². The summed E-state index contributed by atoms with van der Waals surface area (Å²) in [5.41, 5.74) is -2.97. The summed E-state index contributed by atoms with van der Waals surface area (Å²) < 4.78 is 93.8. The molecule has 7 nitrogen and oxygen atoms in total. The summed E-state index contributed by atoms with van der Waals surface area (Å²) in [4.78, 5) is 33.7. The highest BCUT2D eigenvalue weighted by molar-refractivity contribution is 5.96. The van der Waals surface area contributed by atoms with E-state index in [0.29, 0.717) is 6.07 Å². The quantitative estimate of drug-likeness (QED) is 0.201. The zero-order valence-corrected chi connectivity index (χ0v) is 20.8. The van der Waals surface area contributed by atoms with E-state index in [1.165, 1.54) is 24.4 Å². The molecule has 3 heterocycles. The number of aromatic nitrogens is 3. The molecule has 3 aromatic heterocycles. The van der Waals surface area contributed by atoms with Gasteiger partial charge in [-0.3, -0.25) is 4.98 Å². The molecular weight excluding hydrogens is 563 g/mol. The van der Waals surface area contributed by atoms with Crippen LogP contribution >= 0.6 is 0 Å². The summed E-state index contributed by atoms with van der Waals surface area (Å²) in [6, 6.07) is 12.3. The minimum atomic E-state index is -4.69. The molecule has 0 bridgehead atoms. The van der Waals surface area contributed by atoms with Gasteiger partial charge >= 0.3 is 24.3 Å². The average molecular weight is 581 g/mol. The number of esters is 1. The van der Waals surface area contributed by atoms with Gasteiger partial charge in [-0.15, -0.1) is 0 Å². The van der Waals surface area contributed by atoms with E-state index >= 15 is 0 Å². The Labute approximate surface area is 227 Å². The summed E-state index contributed by atoms with van der Waals surface area (Å²) in [5, 5.41) is 8.98. The van der Waals surface area contributed by atoms with Gasteiger partial charge in [0.15, 0.2) is 0 Å². The van der Waals surface area contributed by atoms with Crippen molar-refractivity contribution in [2.45, 2.75) is 19.3 Å². The molecule has 214 valence electrons. The van der Waals surface area contributed by atoms with E-state index in [4.69, 9.17) is 9.84 Å². The van der Waals surface area contributed by atoms with Gasteiger partial charge in [0.25, 0.3) is 0 Å². The van der Waals surface area contributed by atoms with E-state index in [9.17, 15) is 40.3 Å². The molecule has 4 rings (SSSR count). The summed E-state index contributed by atoms with van der Waals surface area (Å²) in [6.45, 7) is 1.72. The minimum absolute atomic E-state index is 0.0523. The number of carbonyl (C=O) groups excluding carboxylic acids is 1. The minimum Gasteiger partial charge on any atom is -0.478 e. The molecule has 41 heavy (non-hydrogen) atoms. The molecule has 4 aromatic rings. The maximum Gasteiger partial charge on any atom is 0.433 e. The van der Waals surface area contributed by atoms with Crippen LogP contribution in [-0.2, 0) is 17.1 Å². The molecule has 0 aliphatic carbocycles. The third kappa shape index (κ3) is 7.84. The van der Waals surface area contributed by atoms with Crippen molar-refractivity contribution in [3.63, 3.8) is 0 Å². The Hall–Kier alpha value is -4.88. The van der Waals surface area contributed by atoms with Gasteiger partial charge in [-0.05, 0) is 67.6 Å². The number of hydrogen-bond donors (Lipinski definition) is 1. The average Bonchev–Trinajstić information content (AvgIpc) is 2.93. The van der Waals surface area contributed by atoms with Crippen molar-refractivity contribution < 1.29 is 50.2 Å². The fraction of sp³-hybridized carbons (Fsp3) is 0.148. The number of rotatable bonds is 5. The first-order valence-corrected chi connectivity index (χ1v) is 11.5. The monoisotopic (exact) mass is 581 g/mol. The number of alkyl halides is 6. The van der Waals surface area contributed by atoms with Gasteiger partial charge in [-0.2, -0.15) is 26.3 Å². The van der Waals surface area contributed by atoms with Crippen molar-refractivity contribution in [2.75, 3.05) is 6.61 Å². The number of aromatic carboxylic acids is 1. The molecule has 0 aliphatic rings. The Balaban J connectivity index is 0.000000226. The summed E-state index contributed by atoms with van der Waals surface area (Å²) >= 11 is 0. The standard InChI is InChI=1S/C14H11F3N2O2.C13H7F4NO2/c1-2-21-13(20)9-6-7-11(14(15,16)17)19-12(9)10-5-3-4-8-18-10;14-8-3-1-7(2-4-8)11-9(12(19)20)5-6-10(18-11)13(15,16)17/h3-8H,2H2,1H3;1-6H,(H,19,20). The van der Waals surface area contributed by atoms with Gasteiger partial charge in [-0.1, -0.05) is 6.07 Å². The summed E-state index contributed by atoms with van der Waals surface area (Å²) in [6.07, 6.45) is -7.88. The predicted octanol–water partition coefficient (Wildman–Crippen LogP) is 6.94. The van der Waals surface area contributed by atoms with Crippen molar-refractivity contribution in [1.82, 2.24) is 15.0 Å². The lowest BCUT2D eigenvalue weighted by atomic mass is 10.0. The first-order valence-electron chi connectivity index (χ1n) is 11.5. The van der Waals surface area contributed by atoms with E-state index in [1.54, 1.807) is 19.1 Å². The van der Waals surface area contributed by atoms with Gasteiger partial charge in [0.1, 0.15) is 22.9 Å². The number of ether oxygens (including phenoxy) is 1. The molecule has 0 fully saturated rings. The van der Waals surface area contributed by atoms with Gasteiger partial charge in [0.2, 0.25) is 0 Å². The van der Waals surface area contributed by atoms with E-state index < -0.39 is 41.5 Å². The Morgan fingerprint density at radius 3 is 1.83 bits per heavy atom. The van der Waals surface area contributed by atoms with Crippen molar-refractivity contribution in [3.05, 3.63) is 101 Å². The van der Waals surface area contributed by atoms with Crippen LogP contribution in [0.5, 0.6) is 0 Å². The van der Waals surface area contributed by atoms with Crippen molar-refractivity contribution in [3.8, 4) is 22.6 Å². The van der Waals surface area contributed by atoms with Crippen LogP contribution in [-0.4, -0.2) is 38.6 Å². The molecular formula is C27H18F7N3O4. The van der Waals surface area contributed by atoms with Crippen LogP contribution in [0, 0.1) is 5.82 Å². The Bertz CT molecular complexity index is 1530. The third-order valence-electron chi connectivity index (χ3n) is 5.12. The van der Waals surface area contributed by atoms with Gasteiger partial charge in [0, 0.05) is 11.8 Å². The van der Waals surface area contributed by atoms with Crippen LogP contribution in [0.4, 0.5) is 30.7 Å². The largest absolute Gasteiger partial charge is 0.478 e. The van der Waals surface area contributed by atoms with Crippen LogP contribution in [0.3, 0.4) is 0 Å². The van der Waals surface area contributed by atoms with E-state index in [2.05, 4.69) is 15.0 Å². The number of pyridine rings is 3. The molecule has 1 N–H and O–H groups in total. The SMILES string of the molecule is CCOC(=O)c1ccc(C(F)(F)F)nc1-c1ccccn1.O=C(O)c1ccc(C(F)(F)F)nc1-c1ccc(F)cc1. The van der Waals surface area contributed by atoms with Crippen LogP contribution in [0.1, 0.15) is 39.0 Å². The van der Waals surface area contributed by atoms with Crippen molar-refractivity contribution in [1.29, 1.82) is 0 Å². The second-order valence-corrected chi connectivity index (χ2v) is 7.93. The lowest BCUT2D eigenvalue weighted by Gasteiger charge is -2.11. The van der Waals surface area contributed by atoms with Gasteiger partial charge in [0.05, 0.1) is 29.1 Å². The Morgan fingerprint density at radius 1 is 0.780 bits per heavy atom. The van der Waals surface area contributed by atoms with Crippen LogP contribution in [0.25, 0.3) is 22.6 Å². The molecule has 1 aromatic carbocycles. The van der Waals surface area contributed by atoms with Gasteiger partial charge in [-0.25, -0.2) is 23.9 Å². The fourth-order valence-electron chi connectivity index (χ4n) is 3.31. The topological polar surface area (TPSA) is 102 Å². The number of carbonyl (C=O) groups is 2. The number of carboxylic acids is 1. The zero-order chi connectivity index (χ0) is 30.4. The van der Waals surface area contributed by atoms with Crippen molar-refractivity contribution >= 4 is 11.9 Å². The summed E-state index contributed by atoms with van der Waals surface area (Å²) in [7, 11) is 0. The normalized spacial score (nSPS) is 11.3. The number of benzene rings is 1. The Kier molecular flexibility index (Phi) is 9.37. The first kappa shape index (κ1) is 30.7. The first-order chi connectivity index (χ1) is 19.2. The maximum absolute atomic E-state index is 12.8. The maximum atomic E-state index is 12.8. The molecule has 0 saturated carbocycles. The fourth-order valence-corrected chi connectivity index (χ4v) is 3.31. The molecule has 0 unspecified atom stereocenters. The lowest BCUT2D eigenvalue weighted by Crippen LogP contribution is -2.13. The smallest absolute Gasteiger partial charge is 0.433 e. The highest BCUT2D eigenvalue weighted by Gasteiger charge is 2.35. The van der Waals surface area contributed by atoms with Crippen LogP contribution in [0.15, 0.2) is 72.9 Å². The number of hydrogen-bond acceptors (Lipinski definition) is 6. The highest BCUT2D eigenvalue weighted by atomic mass is 19.4. The second-order valence-electron chi connectivity index (χ2n) is 7.93. The lowest BCUT2D eigenvalue weighted by molar-refractivity contribution is -0.141. The van der Waals surface area contributed by atoms with E-state index in [0.717, 1.165) is 30.3 Å². The molecule has 0 atom stereocenters. The van der Waals surface area contributed by atoms with Crippen LogP contribution in [0.2, 0.25) is 0 Å². The third-order valence-corrected chi connectivity index (χ3v) is 5.12. The molecule has 0 saturated heterocycles. The van der Waals surface area contributed by atoms with Crippen molar-refractivity contribution in [2.24, 2.45) is 0 Å². The molecule has 14 heteroatoms. The number of carboxylic acid groups (broad SMARTS) is 1. The molecule has 0 amide bonds. The van der Waals surface area contributed by atoms with E-state index in [1.807, 2.05) is 0 Å². The van der Waals surface area contributed by atoms with Gasteiger partial charge < -0.3 is 9.84 Å². The Morgan fingerprint density at radius 2 is 1.34 bits per heavy atom. The molecule has 0 spiro atoms. The molecule has 0 aliphatic heterocycles. The highest BCUT2D eigenvalue weighted by Crippen LogP contribution is 2.32. The zero-order valence-electron chi connectivity index (χ0n) is 20.8. The second kappa shape index (κ2) is 12.5. The molecule has 0 radical (unpaired) electrons. The van der Waals surface area contributed by atoms with Crippen LogP contribution < -0.4 is 0 Å². The number of nitrogens with zero attached hydrogens (tertiary/aromatic N) is 3. The predicted molar refractivity (Wildman–Crippen MR) is 130 cm³/mol. The summed E-state index contributed by atoms with van der Waals surface area (Å²) in [5.74, 6) is -2.73. The number of halogens is 7.